The fraction of sp³-hybridized carbons (Fsp3) is 0.0769. The second-order valence-electron chi connectivity index (χ2n) is 3.53. The van der Waals surface area contributed by atoms with Gasteiger partial charge in [0.1, 0.15) is 10.9 Å². The van der Waals surface area contributed by atoms with Crippen LogP contribution in [-0.4, -0.2) is 10.2 Å². The predicted molar refractivity (Wildman–Crippen MR) is 71.1 cm³/mol. The predicted octanol–water partition coefficient (Wildman–Crippen LogP) is 3.25. The molecule has 92 valence electrons. The van der Waals surface area contributed by atoms with Gasteiger partial charge in [0.15, 0.2) is 0 Å². The lowest BCUT2D eigenvalue weighted by molar-refractivity contribution is 0.449. The average Bonchev–Trinajstić information content (AvgIpc) is 2.35. The maximum Gasteiger partial charge on any atom is 0.285 e. The molecule has 1 N–H and O–H groups in total. The fourth-order valence-corrected chi connectivity index (χ4v) is 1.58. The van der Waals surface area contributed by atoms with Crippen LogP contribution in [0, 0.1) is 0 Å². The molecule has 1 aromatic carbocycles. The number of H-pyrrole nitrogens is 1. The molecule has 0 aliphatic rings. The summed E-state index contributed by atoms with van der Waals surface area (Å²) in [6, 6.07) is 8.60. The molecule has 2 aromatic rings. The van der Waals surface area contributed by atoms with Crippen molar-refractivity contribution >= 4 is 17.7 Å². The Labute approximate surface area is 109 Å². The van der Waals surface area contributed by atoms with Gasteiger partial charge in [-0.05, 0) is 13.0 Å². The van der Waals surface area contributed by atoms with E-state index < -0.39 is 0 Å². The Hall–Kier alpha value is -2.07. The van der Waals surface area contributed by atoms with Gasteiger partial charge in [-0.1, -0.05) is 42.0 Å². The van der Waals surface area contributed by atoms with Gasteiger partial charge in [0.05, 0.1) is 0 Å². The van der Waals surface area contributed by atoms with Crippen molar-refractivity contribution in [3.8, 4) is 11.6 Å². The molecule has 1 heterocycles. The number of hydrogen-bond acceptors (Lipinski definition) is 3. The van der Waals surface area contributed by atoms with Gasteiger partial charge in [-0.15, -0.1) is 5.10 Å². The number of para-hydroxylation sites is 1. The zero-order valence-electron chi connectivity index (χ0n) is 9.68. The first kappa shape index (κ1) is 12.4. The van der Waals surface area contributed by atoms with Crippen LogP contribution in [0.2, 0.25) is 5.15 Å². The summed E-state index contributed by atoms with van der Waals surface area (Å²) in [6.07, 6.45) is 3.78. The van der Waals surface area contributed by atoms with Crippen LogP contribution in [0.4, 0.5) is 0 Å². The van der Waals surface area contributed by atoms with Gasteiger partial charge in [0.25, 0.3) is 5.88 Å². The highest BCUT2D eigenvalue weighted by molar-refractivity contribution is 6.29. The number of nitrogens with one attached hydrogen (secondary N) is 1. The molecule has 0 fully saturated rings. The Morgan fingerprint density at radius 1 is 1.39 bits per heavy atom. The summed E-state index contributed by atoms with van der Waals surface area (Å²) in [6.45, 7) is 1.91. The molecule has 18 heavy (non-hydrogen) atoms. The van der Waals surface area contributed by atoms with E-state index in [2.05, 4.69) is 10.2 Å². The third-order valence-electron chi connectivity index (χ3n) is 2.20. The smallest absolute Gasteiger partial charge is 0.285 e. The zero-order valence-corrected chi connectivity index (χ0v) is 10.4. The van der Waals surface area contributed by atoms with E-state index in [0.29, 0.717) is 5.75 Å². The second-order valence-corrected chi connectivity index (χ2v) is 3.93. The van der Waals surface area contributed by atoms with Gasteiger partial charge in [0.2, 0.25) is 5.43 Å². The molecular weight excluding hydrogens is 252 g/mol. The van der Waals surface area contributed by atoms with Gasteiger partial charge in [-0.25, -0.2) is 0 Å². The molecule has 5 heteroatoms. The standard InChI is InChI=1S/C13H11ClN2O2/c1-2-5-9-6-3-4-7-11(9)18-13-10(17)8-12(14)15-16-13/h2-8H,1H3,(H,15,17)/b5-2-. The minimum Gasteiger partial charge on any atom is -0.434 e. The molecule has 0 bridgehead atoms. The Bertz CT molecular complexity index is 635. The lowest BCUT2D eigenvalue weighted by Crippen LogP contribution is -2.07. The topological polar surface area (TPSA) is 55.0 Å². The summed E-state index contributed by atoms with van der Waals surface area (Å²) in [7, 11) is 0. The molecule has 4 nitrogen and oxygen atoms in total. The molecule has 0 spiro atoms. The Morgan fingerprint density at radius 3 is 2.89 bits per heavy atom. The van der Waals surface area contributed by atoms with Gasteiger partial charge in [-0.2, -0.15) is 0 Å². The van der Waals surface area contributed by atoms with Crippen molar-refractivity contribution in [1.29, 1.82) is 0 Å². The molecule has 0 radical (unpaired) electrons. The highest BCUT2D eigenvalue weighted by atomic mass is 35.5. The van der Waals surface area contributed by atoms with Crippen LogP contribution in [0.15, 0.2) is 41.2 Å². The first-order valence-corrected chi connectivity index (χ1v) is 5.73. The number of nitrogens with zero attached hydrogens (tertiary/aromatic N) is 1. The van der Waals surface area contributed by atoms with Crippen LogP contribution in [0.3, 0.4) is 0 Å². The van der Waals surface area contributed by atoms with E-state index in [4.69, 9.17) is 16.3 Å². The van der Waals surface area contributed by atoms with Crippen molar-refractivity contribution in [2.45, 2.75) is 6.92 Å². The lowest BCUT2D eigenvalue weighted by atomic mass is 10.2. The number of halogens is 1. The molecule has 0 unspecified atom stereocenters. The van der Waals surface area contributed by atoms with E-state index in [1.165, 1.54) is 6.07 Å². The minimum absolute atomic E-state index is 0.0312. The van der Waals surface area contributed by atoms with E-state index in [-0.39, 0.29) is 16.5 Å². The average molecular weight is 263 g/mol. The third kappa shape index (κ3) is 2.78. The van der Waals surface area contributed by atoms with Crippen LogP contribution in [0.1, 0.15) is 12.5 Å². The minimum atomic E-state index is -0.367. The number of benzene rings is 1. The summed E-state index contributed by atoms with van der Waals surface area (Å²) < 4.78 is 5.48. The summed E-state index contributed by atoms with van der Waals surface area (Å²) in [5, 5.41) is 6.42. The number of hydrogen-bond donors (Lipinski definition) is 1. The maximum absolute atomic E-state index is 11.6. The third-order valence-corrected chi connectivity index (χ3v) is 2.40. The zero-order chi connectivity index (χ0) is 13.0. The molecular formula is C13H11ClN2O2. The molecule has 0 atom stereocenters. The normalized spacial score (nSPS) is 10.8. The van der Waals surface area contributed by atoms with Crippen molar-refractivity contribution < 1.29 is 4.74 Å². The van der Waals surface area contributed by atoms with Gasteiger partial charge >= 0.3 is 0 Å². The van der Waals surface area contributed by atoms with E-state index in [0.717, 1.165) is 5.56 Å². The van der Waals surface area contributed by atoms with Gasteiger partial charge in [-0.3, -0.25) is 9.89 Å². The fourth-order valence-electron chi connectivity index (χ4n) is 1.44. The summed E-state index contributed by atoms with van der Waals surface area (Å²) in [4.78, 5) is 11.6. The van der Waals surface area contributed by atoms with Crippen molar-refractivity contribution in [2.75, 3.05) is 0 Å². The lowest BCUT2D eigenvalue weighted by Gasteiger charge is -2.06. The molecule has 2 rings (SSSR count). The van der Waals surface area contributed by atoms with Gasteiger partial charge < -0.3 is 4.74 Å². The Kier molecular flexibility index (Phi) is 3.79. The Morgan fingerprint density at radius 2 is 2.17 bits per heavy atom. The monoisotopic (exact) mass is 262 g/mol. The van der Waals surface area contributed by atoms with E-state index >= 15 is 0 Å². The first-order valence-electron chi connectivity index (χ1n) is 5.35. The molecule has 0 saturated heterocycles. The molecule has 0 aliphatic heterocycles. The summed E-state index contributed by atoms with van der Waals surface area (Å²) in [5.41, 5.74) is 0.505. The second kappa shape index (κ2) is 5.51. The Balaban J connectivity index is 2.37. The maximum atomic E-state index is 11.6. The molecule has 0 amide bonds. The van der Waals surface area contributed by atoms with Gasteiger partial charge in [0, 0.05) is 11.6 Å². The van der Waals surface area contributed by atoms with Crippen molar-refractivity contribution in [1.82, 2.24) is 10.2 Å². The summed E-state index contributed by atoms with van der Waals surface area (Å²) >= 11 is 5.62. The van der Waals surface area contributed by atoms with Crippen LogP contribution in [0.25, 0.3) is 6.08 Å². The molecule has 0 saturated carbocycles. The highest BCUT2D eigenvalue weighted by Gasteiger charge is 2.07. The van der Waals surface area contributed by atoms with E-state index in [9.17, 15) is 4.79 Å². The SMILES string of the molecule is C/C=C\c1ccccc1Oc1n[nH]c(Cl)cc1=O. The largest absolute Gasteiger partial charge is 0.434 e. The van der Waals surface area contributed by atoms with Crippen LogP contribution < -0.4 is 10.2 Å². The van der Waals surface area contributed by atoms with Crippen molar-refractivity contribution in [3.63, 3.8) is 0 Å². The number of aromatic amines is 1. The number of aromatic nitrogens is 2. The van der Waals surface area contributed by atoms with Crippen molar-refractivity contribution in [2.24, 2.45) is 0 Å². The summed E-state index contributed by atoms with van der Waals surface area (Å²) in [5.74, 6) is 0.535. The van der Waals surface area contributed by atoms with Crippen LogP contribution >= 0.6 is 11.6 Å². The van der Waals surface area contributed by atoms with E-state index in [1.807, 2.05) is 37.3 Å². The number of allylic oxidation sites excluding steroid dienone is 1. The quantitative estimate of drug-likeness (QED) is 0.924. The highest BCUT2D eigenvalue weighted by Crippen LogP contribution is 2.23. The molecule has 1 aromatic heterocycles. The molecule has 0 aliphatic carbocycles. The van der Waals surface area contributed by atoms with Crippen LogP contribution in [0.5, 0.6) is 11.6 Å². The number of rotatable bonds is 3. The number of ether oxygens (including phenoxy) is 1. The first-order chi connectivity index (χ1) is 8.70. The van der Waals surface area contributed by atoms with E-state index in [1.54, 1.807) is 6.07 Å². The van der Waals surface area contributed by atoms with Crippen LogP contribution in [-0.2, 0) is 0 Å². The van der Waals surface area contributed by atoms with Crippen molar-refractivity contribution in [3.05, 3.63) is 57.3 Å².